The number of hydrogen-bond acceptors (Lipinski definition) is 4. The van der Waals surface area contributed by atoms with E-state index in [0.717, 1.165) is 0 Å². The van der Waals surface area contributed by atoms with Crippen LogP contribution >= 0.6 is 11.3 Å². The molecule has 0 saturated carbocycles. The molecule has 0 bridgehead atoms. The van der Waals surface area contributed by atoms with Crippen LogP contribution in [0.2, 0.25) is 0 Å². The molecular weight excluding hydrogens is 312 g/mol. The van der Waals surface area contributed by atoms with Gasteiger partial charge in [0.2, 0.25) is 5.91 Å². The molecule has 2 aromatic rings. The summed E-state index contributed by atoms with van der Waals surface area (Å²) in [6, 6.07) is 12.6. The van der Waals surface area contributed by atoms with Gasteiger partial charge in [-0.15, -0.1) is 11.3 Å². The van der Waals surface area contributed by atoms with Crippen molar-refractivity contribution in [3.05, 3.63) is 58.3 Å². The van der Waals surface area contributed by atoms with Crippen LogP contribution < -0.4 is 10.6 Å². The van der Waals surface area contributed by atoms with Crippen LogP contribution in [0.4, 0.5) is 0 Å². The second-order valence-electron chi connectivity index (χ2n) is 5.40. The van der Waals surface area contributed by atoms with E-state index in [4.69, 9.17) is 0 Å². The molecule has 1 aromatic carbocycles. The third kappa shape index (κ3) is 5.19. The van der Waals surface area contributed by atoms with Crippen LogP contribution in [0.15, 0.2) is 47.8 Å². The standard InChI is InChI=1S/C17H20N2O3S/c1-17(22,13-6-3-2-4-7-13)12-15(20)18-9-10-19-16(21)14-8-5-11-23-14/h2-8,11,22H,9-10,12H2,1H3,(H,18,20)(H,19,21). The predicted octanol–water partition coefficient (Wildman–Crippen LogP) is 1.89. The Morgan fingerprint density at radius 2 is 1.78 bits per heavy atom. The van der Waals surface area contributed by atoms with Crippen molar-refractivity contribution in [3.8, 4) is 0 Å². The average Bonchev–Trinajstić information content (AvgIpc) is 3.06. The number of carbonyl (C=O) groups excluding carboxylic acids is 2. The maximum Gasteiger partial charge on any atom is 0.261 e. The normalized spacial score (nSPS) is 13.1. The third-order valence-electron chi connectivity index (χ3n) is 3.38. The van der Waals surface area contributed by atoms with E-state index in [-0.39, 0.29) is 18.2 Å². The van der Waals surface area contributed by atoms with Crippen molar-refractivity contribution >= 4 is 23.2 Å². The lowest BCUT2D eigenvalue weighted by atomic mass is 9.92. The van der Waals surface area contributed by atoms with E-state index in [0.29, 0.717) is 23.5 Å². The minimum absolute atomic E-state index is 0.0319. The van der Waals surface area contributed by atoms with Crippen molar-refractivity contribution in [3.63, 3.8) is 0 Å². The molecule has 1 atom stereocenters. The maximum absolute atomic E-state index is 11.9. The van der Waals surface area contributed by atoms with Gasteiger partial charge < -0.3 is 15.7 Å². The van der Waals surface area contributed by atoms with E-state index < -0.39 is 5.60 Å². The van der Waals surface area contributed by atoms with Gasteiger partial charge in [0.1, 0.15) is 0 Å². The minimum atomic E-state index is -1.22. The van der Waals surface area contributed by atoms with Crippen molar-refractivity contribution in [2.75, 3.05) is 13.1 Å². The zero-order valence-corrected chi connectivity index (χ0v) is 13.7. The van der Waals surface area contributed by atoms with Crippen molar-refractivity contribution in [2.24, 2.45) is 0 Å². The van der Waals surface area contributed by atoms with Crippen molar-refractivity contribution < 1.29 is 14.7 Å². The maximum atomic E-state index is 11.9. The summed E-state index contributed by atoms with van der Waals surface area (Å²) < 4.78 is 0. The predicted molar refractivity (Wildman–Crippen MR) is 90.3 cm³/mol. The molecular formula is C17H20N2O3S. The number of aliphatic hydroxyl groups is 1. The van der Waals surface area contributed by atoms with E-state index in [1.165, 1.54) is 11.3 Å². The molecule has 1 aromatic heterocycles. The summed E-state index contributed by atoms with van der Waals surface area (Å²) in [5, 5.41) is 17.7. The highest BCUT2D eigenvalue weighted by Gasteiger charge is 2.26. The van der Waals surface area contributed by atoms with Crippen LogP contribution in [0.5, 0.6) is 0 Å². The molecule has 0 radical (unpaired) electrons. The summed E-state index contributed by atoms with van der Waals surface area (Å²) in [4.78, 5) is 24.3. The molecule has 1 heterocycles. The molecule has 0 saturated heterocycles. The average molecular weight is 332 g/mol. The van der Waals surface area contributed by atoms with Gasteiger partial charge in [0.15, 0.2) is 0 Å². The number of hydrogen-bond donors (Lipinski definition) is 3. The molecule has 2 amide bonds. The molecule has 122 valence electrons. The zero-order valence-electron chi connectivity index (χ0n) is 12.9. The van der Waals surface area contributed by atoms with Gasteiger partial charge in [0.25, 0.3) is 5.91 Å². The number of rotatable bonds is 7. The SMILES string of the molecule is CC(O)(CC(=O)NCCNC(=O)c1cccs1)c1ccccc1. The summed E-state index contributed by atoms with van der Waals surface area (Å²) in [5.41, 5.74) is -0.521. The lowest BCUT2D eigenvalue weighted by Gasteiger charge is -2.23. The van der Waals surface area contributed by atoms with Crippen LogP contribution in [0, 0.1) is 0 Å². The van der Waals surface area contributed by atoms with Crippen LogP contribution in [0.3, 0.4) is 0 Å². The molecule has 3 N–H and O–H groups in total. The third-order valence-corrected chi connectivity index (χ3v) is 4.25. The second kappa shape index (κ2) is 7.89. The lowest BCUT2D eigenvalue weighted by Crippen LogP contribution is -2.37. The van der Waals surface area contributed by atoms with Crippen LogP contribution in [0.1, 0.15) is 28.6 Å². The second-order valence-corrected chi connectivity index (χ2v) is 6.35. The first-order chi connectivity index (χ1) is 11.0. The molecule has 5 nitrogen and oxygen atoms in total. The highest BCUT2D eigenvalue weighted by atomic mass is 32.1. The lowest BCUT2D eigenvalue weighted by molar-refractivity contribution is -0.125. The summed E-state index contributed by atoms with van der Waals surface area (Å²) >= 11 is 1.37. The summed E-state index contributed by atoms with van der Waals surface area (Å²) in [6.45, 7) is 2.28. The summed E-state index contributed by atoms with van der Waals surface area (Å²) in [7, 11) is 0. The molecule has 0 aliphatic heterocycles. The minimum Gasteiger partial charge on any atom is -0.385 e. The van der Waals surface area contributed by atoms with Crippen molar-refractivity contribution in [1.29, 1.82) is 0 Å². The number of thiophene rings is 1. The largest absolute Gasteiger partial charge is 0.385 e. The fourth-order valence-electron chi connectivity index (χ4n) is 2.15. The monoisotopic (exact) mass is 332 g/mol. The Morgan fingerprint density at radius 1 is 1.09 bits per heavy atom. The Bertz CT molecular complexity index is 639. The Labute approximate surface area is 139 Å². The first-order valence-corrected chi connectivity index (χ1v) is 8.23. The number of nitrogens with one attached hydrogen (secondary N) is 2. The smallest absolute Gasteiger partial charge is 0.261 e. The molecule has 0 aliphatic rings. The van der Waals surface area contributed by atoms with Gasteiger partial charge in [-0.25, -0.2) is 0 Å². The van der Waals surface area contributed by atoms with Crippen LogP contribution in [-0.4, -0.2) is 30.0 Å². The summed E-state index contributed by atoms with van der Waals surface area (Å²) in [5.74, 6) is -0.408. The fraction of sp³-hybridized carbons (Fsp3) is 0.294. The van der Waals surface area contributed by atoms with Gasteiger partial charge in [0.05, 0.1) is 16.9 Å². The van der Waals surface area contributed by atoms with Crippen LogP contribution in [-0.2, 0) is 10.4 Å². The Hall–Kier alpha value is -2.18. The number of carbonyl (C=O) groups is 2. The molecule has 23 heavy (non-hydrogen) atoms. The van der Waals surface area contributed by atoms with Gasteiger partial charge in [-0.2, -0.15) is 0 Å². The molecule has 0 spiro atoms. The Kier molecular flexibility index (Phi) is 5.90. The topological polar surface area (TPSA) is 78.4 Å². The van der Waals surface area contributed by atoms with Crippen molar-refractivity contribution in [1.82, 2.24) is 10.6 Å². The fourth-order valence-corrected chi connectivity index (χ4v) is 2.79. The van der Waals surface area contributed by atoms with Gasteiger partial charge in [-0.05, 0) is 23.9 Å². The van der Waals surface area contributed by atoms with E-state index in [2.05, 4.69) is 10.6 Å². The first-order valence-electron chi connectivity index (χ1n) is 7.35. The van der Waals surface area contributed by atoms with E-state index in [1.807, 2.05) is 29.6 Å². The van der Waals surface area contributed by atoms with Gasteiger partial charge in [-0.1, -0.05) is 36.4 Å². The Morgan fingerprint density at radius 3 is 2.43 bits per heavy atom. The molecule has 1 unspecified atom stereocenters. The van der Waals surface area contributed by atoms with Gasteiger partial charge in [0, 0.05) is 13.1 Å². The number of amides is 2. The first kappa shape index (κ1) is 17.2. The molecule has 0 fully saturated rings. The highest BCUT2D eigenvalue weighted by molar-refractivity contribution is 7.12. The molecule has 2 rings (SSSR count). The quantitative estimate of drug-likeness (QED) is 0.678. The Balaban J connectivity index is 1.72. The molecule has 6 heteroatoms. The van der Waals surface area contributed by atoms with Crippen molar-refractivity contribution in [2.45, 2.75) is 18.9 Å². The van der Waals surface area contributed by atoms with Gasteiger partial charge in [-0.3, -0.25) is 9.59 Å². The highest BCUT2D eigenvalue weighted by Crippen LogP contribution is 2.23. The number of benzene rings is 1. The zero-order chi connectivity index (χ0) is 16.7. The van der Waals surface area contributed by atoms with Gasteiger partial charge >= 0.3 is 0 Å². The van der Waals surface area contributed by atoms with Crippen LogP contribution in [0.25, 0.3) is 0 Å². The van der Waals surface area contributed by atoms with E-state index in [9.17, 15) is 14.7 Å². The van der Waals surface area contributed by atoms with E-state index in [1.54, 1.807) is 25.1 Å². The van der Waals surface area contributed by atoms with E-state index >= 15 is 0 Å². The summed E-state index contributed by atoms with van der Waals surface area (Å²) in [6.07, 6.45) is -0.0319. The molecule has 0 aliphatic carbocycles.